The molecule has 1 aromatic heterocycles. The zero-order valence-corrected chi connectivity index (χ0v) is 14.3. The van der Waals surface area contributed by atoms with Gasteiger partial charge in [0.15, 0.2) is 17.5 Å². The first-order valence-corrected chi connectivity index (χ1v) is 8.12. The number of halogens is 1. The van der Waals surface area contributed by atoms with Crippen LogP contribution in [0.4, 0.5) is 4.39 Å². The molecular weight excluding hydrogens is 315 g/mol. The van der Waals surface area contributed by atoms with E-state index in [2.05, 4.69) is 20.6 Å². The van der Waals surface area contributed by atoms with Crippen LogP contribution in [0, 0.1) is 12.7 Å². The Bertz CT molecular complexity index is 672. The highest BCUT2D eigenvalue weighted by Crippen LogP contribution is 2.17. The molecule has 0 fully saturated rings. The normalized spacial score (nSPS) is 11.4. The van der Waals surface area contributed by atoms with Gasteiger partial charge in [-0.3, -0.25) is 4.99 Å². The third-order valence-electron chi connectivity index (χ3n) is 3.20. The van der Waals surface area contributed by atoms with Crippen molar-refractivity contribution in [3.05, 3.63) is 45.7 Å². The zero-order chi connectivity index (χ0) is 16.7. The fourth-order valence-electron chi connectivity index (χ4n) is 2.03. The van der Waals surface area contributed by atoms with Crippen LogP contribution in [-0.4, -0.2) is 31.6 Å². The highest BCUT2D eigenvalue weighted by molar-refractivity contribution is 7.11. The zero-order valence-electron chi connectivity index (χ0n) is 13.5. The smallest absolute Gasteiger partial charge is 0.191 e. The van der Waals surface area contributed by atoms with E-state index in [1.54, 1.807) is 24.5 Å². The molecule has 2 aromatic rings. The van der Waals surface area contributed by atoms with E-state index in [1.807, 2.05) is 19.2 Å². The second kappa shape index (κ2) is 8.47. The molecule has 2 rings (SSSR count). The fraction of sp³-hybridized carbons (Fsp3) is 0.375. The average molecular weight is 336 g/mol. The number of ether oxygens (including phenoxy) is 1. The third-order valence-corrected chi connectivity index (χ3v) is 4.17. The molecule has 0 aliphatic carbocycles. The van der Waals surface area contributed by atoms with Crippen LogP contribution in [0.3, 0.4) is 0 Å². The van der Waals surface area contributed by atoms with Gasteiger partial charge in [-0.2, -0.15) is 0 Å². The highest BCUT2D eigenvalue weighted by Gasteiger charge is 2.05. The van der Waals surface area contributed by atoms with Crippen molar-refractivity contribution in [3.8, 4) is 5.75 Å². The van der Waals surface area contributed by atoms with E-state index in [4.69, 9.17) is 4.74 Å². The largest absolute Gasteiger partial charge is 0.494 e. The Morgan fingerprint density at radius 2 is 2.22 bits per heavy atom. The molecule has 1 heterocycles. The number of hydrogen-bond acceptors (Lipinski definition) is 4. The summed E-state index contributed by atoms with van der Waals surface area (Å²) < 4.78 is 18.6. The minimum atomic E-state index is -0.367. The van der Waals surface area contributed by atoms with Gasteiger partial charge in [-0.25, -0.2) is 9.37 Å². The molecule has 0 amide bonds. The quantitative estimate of drug-likeness (QED) is 0.629. The van der Waals surface area contributed by atoms with E-state index in [9.17, 15) is 4.39 Å². The molecule has 7 heteroatoms. The molecule has 0 unspecified atom stereocenters. The maximum Gasteiger partial charge on any atom is 0.191 e. The van der Waals surface area contributed by atoms with Crippen LogP contribution in [0.5, 0.6) is 5.75 Å². The second-order valence-electron chi connectivity index (χ2n) is 4.94. The number of methoxy groups -OCH3 is 1. The van der Waals surface area contributed by atoms with E-state index < -0.39 is 0 Å². The summed E-state index contributed by atoms with van der Waals surface area (Å²) in [4.78, 5) is 9.69. The van der Waals surface area contributed by atoms with Crippen LogP contribution in [0.15, 0.2) is 29.4 Å². The van der Waals surface area contributed by atoms with Crippen molar-refractivity contribution < 1.29 is 9.13 Å². The van der Waals surface area contributed by atoms with Gasteiger partial charge in [-0.05, 0) is 24.6 Å². The van der Waals surface area contributed by atoms with Crippen molar-refractivity contribution in [1.82, 2.24) is 15.6 Å². The Labute approximate surface area is 139 Å². The summed E-state index contributed by atoms with van der Waals surface area (Å²) in [5, 5.41) is 7.48. The van der Waals surface area contributed by atoms with Gasteiger partial charge >= 0.3 is 0 Å². The van der Waals surface area contributed by atoms with Crippen molar-refractivity contribution >= 4 is 17.3 Å². The van der Waals surface area contributed by atoms with Gasteiger partial charge in [0.05, 0.1) is 12.1 Å². The van der Waals surface area contributed by atoms with Gasteiger partial charge < -0.3 is 15.4 Å². The summed E-state index contributed by atoms with van der Waals surface area (Å²) in [6.07, 6.45) is 2.72. The first-order chi connectivity index (χ1) is 11.1. The van der Waals surface area contributed by atoms with Gasteiger partial charge in [0.1, 0.15) is 0 Å². The van der Waals surface area contributed by atoms with E-state index >= 15 is 0 Å². The maximum atomic E-state index is 13.6. The molecule has 0 bridgehead atoms. The van der Waals surface area contributed by atoms with E-state index in [0.29, 0.717) is 12.5 Å². The maximum absolute atomic E-state index is 13.6. The minimum absolute atomic E-state index is 0.245. The number of rotatable bonds is 6. The van der Waals surface area contributed by atoms with Gasteiger partial charge in [-0.15, -0.1) is 11.3 Å². The van der Waals surface area contributed by atoms with Crippen LogP contribution in [0.25, 0.3) is 0 Å². The summed E-state index contributed by atoms with van der Waals surface area (Å²) in [6.45, 7) is 3.27. The molecule has 0 aliphatic rings. The number of aryl methyl sites for hydroxylation is 1. The summed E-state index contributed by atoms with van der Waals surface area (Å²) >= 11 is 1.70. The minimum Gasteiger partial charge on any atom is -0.494 e. The molecule has 1 aromatic carbocycles. The van der Waals surface area contributed by atoms with Crippen LogP contribution < -0.4 is 15.4 Å². The number of hydrogen-bond donors (Lipinski definition) is 2. The SMILES string of the molecule is CN=C(NCCc1ncc(C)s1)NCc1ccc(OC)c(F)c1. The van der Waals surface area contributed by atoms with Crippen LogP contribution in [0.2, 0.25) is 0 Å². The van der Waals surface area contributed by atoms with E-state index in [-0.39, 0.29) is 11.6 Å². The van der Waals surface area contributed by atoms with Crippen molar-refractivity contribution in [2.45, 2.75) is 19.9 Å². The number of aliphatic imine (C=N–C) groups is 1. The van der Waals surface area contributed by atoms with Crippen LogP contribution in [-0.2, 0) is 13.0 Å². The molecule has 5 nitrogen and oxygen atoms in total. The van der Waals surface area contributed by atoms with Crippen molar-refractivity contribution in [2.75, 3.05) is 20.7 Å². The molecule has 0 radical (unpaired) electrons. The first kappa shape index (κ1) is 17.2. The van der Waals surface area contributed by atoms with Crippen LogP contribution in [0.1, 0.15) is 15.4 Å². The molecule has 0 atom stereocenters. The lowest BCUT2D eigenvalue weighted by Crippen LogP contribution is -2.37. The average Bonchev–Trinajstić information content (AvgIpc) is 2.96. The van der Waals surface area contributed by atoms with Gasteiger partial charge in [0.25, 0.3) is 0 Å². The molecule has 0 spiro atoms. The Morgan fingerprint density at radius 3 is 2.83 bits per heavy atom. The summed E-state index contributed by atoms with van der Waals surface area (Å²) in [5.74, 6) is 0.554. The Hall–Kier alpha value is -2.15. The lowest BCUT2D eigenvalue weighted by Gasteiger charge is -2.12. The van der Waals surface area contributed by atoms with Crippen molar-refractivity contribution in [3.63, 3.8) is 0 Å². The number of nitrogens with zero attached hydrogens (tertiary/aromatic N) is 2. The van der Waals surface area contributed by atoms with E-state index in [0.717, 1.165) is 23.5 Å². The predicted octanol–water partition coefficient (Wildman–Crippen LogP) is 2.51. The second-order valence-corrected chi connectivity index (χ2v) is 6.26. The topological polar surface area (TPSA) is 58.5 Å². The predicted molar refractivity (Wildman–Crippen MR) is 91.7 cm³/mol. The fourth-order valence-corrected chi connectivity index (χ4v) is 2.82. The summed E-state index contributed by atoms with van der Waals surface area (Å²) in [7, 11) is 3.16. The lowest BCUT2D eigenvalue weighted by atomic mass is 10.2. The highest BCUT2D eigenvalue weighted by atomic mass is 32.1. The standard InChI is InChI=1S/C16H21FN4OS/c1-11-9-20-15(23-11)6-7-19-16(18-2)21-10-12-4-5-14(22-3)13(17)8-12/h4-5,8-9H,6-7,10H2,1-3H3,(H2,18,19,21). The number of guanidine groups is 1. The van der Waals surface area contributed by atoms with Gasteiger partial charge in [0, 0.05) is 37.6 Å². The summed E-state index contributed by atoms with van der Waals surface area (Å²) in [6, 6.07) is 4.89. The number of thiazole rings is 1. The Kier molecular flexibility index (Phi) is 6.34. The summed E-state index contributed by atoms with van der Waals surface area (Å²) in [5.41, 5.74) is 0.821. The third kappa shape index (κ3) is 5.21. The molecule has 0 saturated heterocycles. The first-order valence-electron chi connectivity index (χ1n) is 7.30. The molecule has 2 N–H and O–H groups in total. The monoisotopic (exact) mass is 336 g/mol. The van der Waals surface area contributed by atoms with Gasteiger partial charge in [0.2, 0.25) is 0 Å². The van der Waals surface area contributed by atoms with E-state index in [1.165, 1.54) is 18.1 Å². The Morgan fingerprint density at radius 1 is 1.39 bits per heavy atom. The molecule has 23 heavy (non-hydrogen) atoms. The van der Waals surface area contributed by atoms with Crippen molar-refractivity contribution in [2.24, 2.45) is 4.99 Å². The Balaban J connectivity index is 1.79. The molecule has 0 saturated carbocycles. The number of aromatic nitrogens is 1. The van der Waals surface area contributed by atoms with Crippen molar-refractivity contribution in [1.29, 1.82) is 0 Å². The molecular formula is C16H21FN4OS. The number of nitrogens with one attached hydrogen (secondary N) is 2. The lowest BCUT2D eigenvalue weighted by molar-refractivity contribution is 0.386. The van der Waals surface area contributed by atoms with Crippen LogP contribution >= 0.6 is 11.3 Å². The van der Waals surface area contributed by atoms with Gasteiger partial charge in [-0.1, -0.05) is 6.07 Å². The number of benzene rings is 1. The molecule has 124 valence electrons. The molecule has 0 aliphatic heterocycles.